The van der Waals surface area contributed by atoms with Crippen molar-refractivity contribution in [2.24, 2.45) is 0 Å². The number of methoxy groups -OCH3 is 3. The maximum Gasteiger partial charge on any atom is 0.321 e. The Labute approximate surface area is 141 Å². The summed E-state index contributed by atoms with van der Waals surface area (Å²) in [5, 5.41) is 2.84. The molecule has 0 fully saturated rings. The highest BCUT2D eigenvalue weighted by molar-refractivity contribution is 5.89. The molecule has 6 nitrogen and oxygen atoms in total. The minimum Gasteiger partial charge on any atom is -0.497 e. The second-order valence-corrected chi connectivity index (χ2v) is 5.21. The lowest BCUT2D eigenvalue weighted by Crippen LogP contribution is -2.30. The lowest BCUT2D eigenvalue weighted by Gasteiger charge is -2.19. The summed E-state index contributed by atoms with van der Waals surface area (Å²) in [5.74, 6) is 1.98. The summed E-state index contributed by atoms with van der Waals surface area (Å²) in [6, 6.07) is 12.6. The Hall–Kier alpha value is -2.89. The molecule has 2 rings (SSSR count). The third-order valence-corrected chi connectivity index (χ3v) is 3.54. The zero-order valence-corrected chi connectivity index (χ0v) is 14.3. The molecule has 0 aromatic heterocycles. The molecule has 2 amide bonds. The molecule has 0 spiro atoms. The monoisotopic (exact) mass is 330 g/mol. The van der Waals surface area contributed by atoms with Crippen LogP contribution in [0.25, 0.3) is 0 Å². The molecule has 0 heterocycles. The van der Waals surface area contributed by atoms with Gasteiger partial charge in [-0.15, -0.1) is 0 Å². The molecule has 0 aliphatic rings. The van der Waals surface area contributed by atoms with Crippen LogP contribution in [0.2, 0.25) is 0 Å². The fraction of sp³-hybridized carbons (Fsp3) is 0.278. The van der Waals surface area contributed by atoms with Crippen molar-refractivity contribution in [1.29, 1.82) is 0 Å². The van der Waals surface area contributed by atoms with Gasteiger partial charge in [-0.25, -0.2) is 4.79 Å². The Kier molecular flexibility index (Phi) is 5.89. The standard InChI is InChI=1S/C18H22N2O4/c1-20(12-13-8-9-16(23-3)17(10-13)24-4)18(21)19-14-6-5-7-15(11-14)22-2/h5-11H,12H2,1-4H3,(H,19,21). The predicted molar refractivity (Wildman–Crippen MR) is 93.0 cm³/mol. The lowest BCUT2D eigenvalue weighted by atomic mass is 10.2. The van der Waals surface area contributed by atoms with Crippen LogP contribution in [0.5, 0.6) is 17.2 Å². The van der Waals surface area contributed by atoms with Gasteiger partial charge in [0.1, 0.15) is 5.75 Å². The van der Waals surface area contributed by atoms with Gasteiger partial charge in [-0.2, -0.15) is 0 Å². The zero-order chi connectivity index (χ0) is 17.5. The van der Waals surface area contributed by atoms with Crippen LogP contribution in [0.3, 0.4) is 0 Å². The number of carbonyl (C=O) groups excluding carboxylic acids is 1. The first kappa shape index (κ1) is 17.5. The number of nitrogens with zero attached hydrogens (tertiary/aromatic N) is 1. The van der Waals surface area contributed by atoms with E-state index < -0.39 is 0 Å². The maximum atomic E-state index is 12.3. The highest BCUT2D eigenvalue weighted by atomic mass is 16.5. The first-order chi connectivity index (χ1) is 11.6. The van der Waals surface area contributed by atoms with Gasteiger partial charge < -0.3 is 24.4 Å². The van der Waals surface area contributed by atoms with Crippen LogP contribution < -0.4 is 19.5 Å². The molecular formula is C18H22N2O4. The first-order valence-corrected chi connectivity index (χ1v) is 7.44. The fourth-order valence-electron chi connectivity index (χ4n) is 2.24. The maximum absolute atomic E-state index is 12.3. The number of carbonyl (C=O) groups is 1. The molecular weight excluding hydrogens is 308 g/mol. The Morgan fingerprint density at radius 1 is 1.00 bits per heavy atom. The van der Waals surface area contributed by atoms with Crippen molar-refractivity contribution in [3.05, 3.63) is 48.0 Å². The molecule has 6 heteroatoms. The van der Waals surface area contributed by atoms with Gasteiger partial charge in [0, 0.05) is 25.3 Å². The molecule has 0 saturated heterocycles. The number of nitrogens with one attached hydrogen (secondary N) is 1. The van der Waals surface area contributed by atoms with Gasteiger partial charge in [0.25, 0.3) is 0 Å². The predicted octanol–water partition coefficient (Wildman–Crippen LogP) is 3.38. The third kappa shape index (κ3) is 4.32. The molecule has 0 atom stereocenters. The second kappa shape index (κ2) is 8.10. The van der Waals surface area contributed by atoms with Crippen molar-refractivity contribution < 1.29 is 19.0 Å². The van der Waals surface area contributed by atoms with Crippen molar-refractivity contribution in [2.45, 2.75) is 6.54 Å². The van der Waals surface area contributed by atoms with Crippen molar-refractivity contribution in [1.82, 2.24) is 4.90 Å². The Morgan fingerprint density at radius 3 is 2.42 bits per heavy atom. The van der Waals surface area contributed by atoms with Crippen LogP contribution in [0.4, 0.5) is 10.5 Å². The Balaban J connectivity index is 2.03. The molecule has 2 aromatic carbocycles. The lowest BCUT2D eigenvalue weighted by molar-refractivity contribution is 0.220. The minimum absolute atomic E-state index is 0.210. The molecule has 0 radical (unpaired) electrons. The number of hydrogen-bond donors (Lipinski definition) is 1. The van der Waals surface area contributed by atoms with Gasteiger partial charge >= 0.3 is 6.03 Å². The molecule has 0 unspecified atom stereocenters. The minimum atomic E-state index is -0.210. The van der Waals surface area contributed by atoms with Gasteiger partial charge in [-0.3, -0.25) is 0 Å². The molecule has 0 bridgehead atoms. The summed E-state index contributed by atoms with van der Waals surface area (Å²) in [4.78, 5) is 13.9. The van der Waals surface area contributed by atoms with E-state index in [-0.39, 0.29) is 6.03 Å². The smallest absolute Gasteiger partial charge is 0.321 e. The van der Waals surface area contributed by atoms with Crippen molar-refractivity contribution in [2.75, 3.05) is 33.7 Å². The van der Waals surface area contributed by atoms with Gasteiger partial charge in [-0.1, -0.05) is 12.1 Å². The molecule has 0 aliphatic heterocycles. The van der Waals surface area contributed by atoms with Crippen molar-refractivity contribution in [3.63, 3.8) is 0 Å². The number of anilines is 1. The van der Waals surface area contributed by atoms with Crippen LogP contribution in [0.1, 0.15) is 5.56 Å². The largest absolute Gasteiger partial charge is 0.497 e. The second-order valence-electron chi connectivity index (χ2n) is 5.21. The number of ether oxygens (including phenoxy) is 3. The van der Waals surface area contributed by atoms with E-state index in [0.29, 0.717) is 29.5 Å². The fourth-order valence-corrected chi connectivity index (χ4v) is 2.24. The van der Waals surface area contributed by atoms with E-state index >= 15 is 0 Å². The van der Waals surface area contributed by atoms with Gasteiger partial charge in [0.2, 0.25) is 0 Å². The molecule has 24 heavy (non-hydrogen) atoms. The number of hydrogen-bond acceptors (Lipinski definition) is 4. The van der Waals surface area contributed by atoms with E-state index in [1.165, 1.54) is 0 Å². The molecule has 2 aromatic rings. The van der Waals surface area contributed by atoms with Gasteiger partial charge in [-0.05, 0) is 29.8 Å². The van der Waals surface area contributed by atoms with Crippen LogP contribution in [-0.2, 0) is 6.54 Å². The van der Waals surface area contributed by atoms with E-state index in [1.807, 2.05) is 36.4 Å². The molecule has 0 saturated carbocycles. The third-order valence-electron chi connectivity index (χ3n) is 3.54. The van der Waals surface area contributed by atoms with E-state index in [4.69, 9.17) is 14.2 Å². The van der Waals surface area contributed by atoms with Crippen LogP contribution in [0.15, 0.2) is 42.5 Å². The molecule has 128 valence electrons. The van der Waals surface area contributed by atoms with Gasteiger partial charge in [0.05, 0.1) is 21.3 Å². The van der Waals surface area contributed by atoms with E-state index in [1.54, 1.807) is 39.3 Å². The molecule has 0 aliphatic carbocycles. The van der Waals surface area contributed by atoms with E-state index in [0.717, 1.165) is 5.56 Å². The molecule has 1 N–H and O–H groups in total. The zero-order valence-electron chi connectivity index (χ0n) is 14.3. The van der Waals surface area contributed by atoms with Crippen molar-refractivity contribution in [3.8, 4) is 17.2 Å². The van der Waals surface area contributed by atoms with E-state index in [9.17, 15) is 4.79 Å². The average molecular weight is 330 g/mol. The summed E-state index contributed by atoms with van der Waals surface area (Å²) in [6.45, 7) is 0.441. The van der Waals surface area contributed by atoms with Crippen molar-refractivity contribution >= 4 is 11.7 Å². The highest BCUT2D eigenvalue weighted by Gasteiger charge is 2.12. The number of amides is 2. The van der Waals surface area contributed by atoms with Crippen LogP contribution in [0, 0.1) is 0 Å². The topological polar surface area (TPSA) is 60.0 Å². The Bertz CT molecular complexity index is 703. The highest BCUT2D eigenvalue weighted by Crippen LogP contribution is 2.28. The van der Waals surface area contributed by atoms with Crippen LogP contribution in [-0.4, -0.2) is 39.3 Å². The SMILES string of the molecule is COc1cccc(NC(=O)N(C)Cc2ccc(OC)c(OC)c2)c1. The number of benzene rings is 2. The quantitative estimate of drug-likeness (QED) is 0.882. The Morgan fingerprint density at radius 2 is 1.75 bits per heavy atom. The summed E-state index contributed by atoms with van der Waals surface area (Å²) >= 11 is 0. The summed E-state index contributed by atoms with van der Waals surface area (Å²) in [6.07, 6.45) is 0. The summed E-state index contributed by atoms with van der Waals surface area (Å²) in [5.41, 5.74) is 1.62. The number of rotatable bonds is 6. The summed E-state index contributed by atoms with van der Waals surface area (Å²) in [7, 11) is 6.49. The van der Waals surface area contributed by atoms with Gasteiger partial charge in [0.15, 0.2) is 11.5 Å². The normalized spacial score (nSPS) is 10.0. The van der Waals surface area contributed by atoms with E-state index in [2.05, 4.69) is 5.32 Å². The average Bonchev–Trinajstić information content (AvgIpc) is 2.61. The van der Waals surface area contributed by atoms with Crippen LogP contribution >= 0.6 is 0 Å². The first-order valence-electron chi connectivity index (χ1n) is 7.44. The summed E-state index contributed by atoms with van der Waals surface area (Å²) < 4.78 is 15.6. The number of urea groups is 1.